The molecule has 77 valence electrons. The molecule has 0 fully saturated rings. The van der Waals surface area contributed by atoms with Crippen LogP contribution in [0.5, 0.6) is 5.75 Å². The summed E-state index contributed by atoms with van der Waals surface area (Å²) in [5.41, 5.74) is 0.215. The third kappa shape index (κ3) is 2.88. The normalized spacial score (nSPS) is 11.5. The summed E-state index contributed by atoms with van der Waals surface area (Å²) in [6, 6.07) is 3.92. The lowest BCUT2D eigenvalue weighted by Crippen LogP contribution is -2.17. The van der Waals surface area contributed by atoms with Gasteiger partial charge in [-0.25, -0.2) is 0 Å². The van der Waals surface area contributed by atoms with Crippen molar-refractivity contribution in [1.29, 1.82) is 0 Å². The summed E-state index contributed by atoms with van der Waals surface area (Å²) in [5, 5.41) is 8.65. The number of halogens is 4. The van der Waals surface area contributed by atoms with Crippen LogP contribution < -0.4 is 4.74 Å². The van der Waals surface area contributed by atoms with E-state index in [2.05, 4.69) is 20.7 Å². The van der Waals surface area contributed by atoms with E-state index in [0.717, 1.165) is 6.07 Å². The molecule has 0 bridgehead atoms. The Labute approximate surface area is 86.4 Å². The van der Waals surface area contributed by atoms with E-state index in [1.54, 1.807) is 0 Å². The number of ether oxygens (including phenoxy) is 1. The zero-order valence-corrected chi connectivity index (χ0v) is 8.26. The van der Waals surface area contributed by atoms with E-state index in [1.807, 2.05) is 0 Å². The summed E-state index contributed by atoms with van der Waals surface area (Å²) in [7, 11) is 0. The Hall–Kier alpha value is -0.750. The van der Waals surface area contributed by atoms with Gasteiger partial charge in [-0.2, -0.15) is 0 Å². The highest BCUT2D eigenvalue weighted by atomic mass is 79.9. The molecular formula is C8H5BrF3O2. The van der Waals surface area contributed by atoms with Crippen LogP contribution in [-0.4, -0.2) is 11.5 Å². The topological polar surface area (TPSA) is 29.5 Å². The van der Waals surface area contributed by atoms with Gasteiger partial charge in [0.1, 0.15) is 12.4 Å². The largest absolute Gasteiger partial charge is 0.573 e. The number of rotatable bonds is 2. The van der Waals surface area contributed by atoms with Crippen molar-refractivity contribution in [3.63, 3.8) is 0 Å². The van der Waals surface area contributed by atoms with Crippen LogP contribution in [0.2, 0.25) is 0 Å². The first kappa shape index (κ1) is 11.3. The molecule has 2 nitrogen and oxygen atoms in total. The predicted molar refractivity (Wildman–Crippen MR) is 46.2 cm³/mol. The minimum atomic E-state index is -4.74. The SMILES string of the molecule is O[CH]c1cccc(OC(F)(F)F)c1Br. The van der Waals surface area contributed by atoms with Gasteiger partial charge in [-0.1, -0.05) is 12.1 Å². The molecule has 0 saturated heterocycles. The smallest absolute Gasteiger partial charge is 0.405 e. The maximum Gasteiger partial charge on any atom is 0.573 e. The minimum Gasteiger partial charge on any atom is -0.405 e. The van der Waals surface area contributed by atoms with Crippen LogP contribution in [0.4, 0.5) is 13.2 Å². The third-order valence-corrected chi connectivity index (χ3v) is 2.21. The molecule has 0 aliphatic heterocycles. The molecule has 0 aromatic heterocycles. The molecule has 0 atom stereocenters. The fourth-order valence-electron chi connectivity index (χ4n) is 0.831. The van der Waals surface area contributed by atoms with Gasteiger partial charge in [-0.3, -0.25) is 0 Å². The molecule has 1 radical (unpaired) electrons. The number of hydrogen-bond acceptors (Lipinski definition) is 2. The fraction of sp³-hybridized carbons (Fsp3) is 0.125. The molecule has 1 N–H and O–H groups in total. The van der Waals surface area contributed by atoms with Crippen molar-refractivity contribution in [2.24, 2.45) is 0 Å². The lowest BCUT2D eigenvalue weighted by Gasteiger charge is -2.11. The number of alkyl halides is 3. The summed E-state index contributed by atoms with van der Waals surface area (Å²) in [4.78, 5) is 0. The summed E-state index contributed by atoms with van der Waals surface area (Å²) >= 11 is 2.88. The molecule has 0 aliphatic carbocycles. The van der Waals surface area contributed by atoms with Crippen molar-refractivity contribution in [1.82, 2.24) is 0 Å². The van der Waals surface area contributed by atoms with E-state index in [-0.39, 0.29) is 15.8 Å². The fourth-order valence-corrected chi connectivity index (χ4v) is 1.28. The summed E-state index contributed by atoms with van der Waals surface area (Å²) in [6.45, 7) is 0.688. The number of benzene rings is 1. The zero-order valence-electron chi connectivity index (χ0n) is 6.68. The maximum atomic E-state index is 11.8. The number of aliphatic hydroxyl groups is 1. The summed E-state index contributed by atoms with van der Waals surface area (Å²) in [5.74, 6) is -0.389. The van der Waals surface area contributed by atoms with Crippen molar-refractivity contribution in [3.05, 3.63) is 34.8 Å². The Kier molecular flexibility index (Phi) is 3.38. The maximum absolute atomic E-state index is 11.8. The lowest BCUT2D eigenvalue weighted by molar-refractivity contribution is -0.274. The molecular weight excluding hydrogens is 265 g/mol. The second-order valence-corrected chi connectivity index (χ2v) is 3.13. The lowest BCUT2D eigenvalue weighted by atomic mass is 10.2. The van der Waals surface area contributed by atoms with E-state index in [1.165, 1.54) is 12.1 Å². The number of hydrogen-bond donors (Lipinski definition) is 1. The average Bonchev–Trinajstić information content (AvgIpc) is 2.06. The first-order valence-corrected chi connectivity index (χ1v) is 4.25. The van der Waals surface area contributed by atoms with Gasteiger partial charge in [-0.05, 0) is 22.0 Å². The van der Waals surface area contributed by atoms with Crippen LogP contribution in [0.1, 0.15) is 5.56 Å². The molecule has 1 rings (SSSR count). The van der Waals surface area contributed by atoms with Gasteiger partial charge in [0.25, 0.3) is 0 Å². The Morgan fingerprint density at radius 2 is 2.00 bits per heavy atom. The molecule has 0 aliphatic rings. The van der Waals surface area contributed by atoms with Crippen molar-refractivity contribution in [2.75, 3.05) is 0 Å². The Morgan fingerprint density at radius 3 is 2.50 bits per heavy atom. The van der Waals surface area contributed by atoms with Gasteiger partial charge < -0.3 is 9.84 Å². The Bertz CT molecular complexity index is 325. The van der Waals surface area contributed by atoms with Crippen LogP contribution in [-0.2, 0) is 0 Å². The van der Waals surface area contributed by atoms with Crippen LogP contribution in [0, 0.1) is 6.61 Å². The third-order valence-electron chi connectivity index (χ3n) is 1.36. The van der Waals surface area contributed by atoms with Crippen molar-refractivity contribution in [2.45, 2.75) is 6.36 Å². The summed E-state index contributed by atoms with van der Waals surface area (Å²) in [6.07, 6.45) is -4.74. The molecule has 0 spiro atoms. The summed E-state index contributed by atoms with van der Waals surface area (Å²) < 4.78 is 39.3. The first-order valence-electron chi connectivity index (χ1n) is 3.46. The van der Waals surface area contributed by atoms with Crippen LogP contribution >= 0.6 is 15.9 Å². The van der Waals surface area contributed by atoms with Crippen molar-refractivity contribution >= 4 is 15.9 Å². The second-order valence-electron chi connectivity index (χ2n) is 2.34. The molecule has 0 unspecified atom stereocenters. The van der Waals surface area contributed by atoms with Crippen molar-refractivity contribution in [3.8, 4) is 5.75 Å². The van der Waals surface area contributed by atoms with Gasteiger partial charge in [-0.15, -0.1) is 13.2 Å². The van der Waals surface area contributed by atoms with Crippen LogP contribution in [0.25, 0.3) is 0 Å². The molecule has 6 heteroatoms. The van der Waals surface area contributed by atoms with Crippen LogP contribution in [0.15, 0.2) is 22.7 Å². The van der Waals surface area contributed by atoms with E-state index in [9.17, 15) is 13.2 Å². The van der Waals surface area contributed by atoms with Crippen molar-refractivity contribution < 1.29 is 23.0 Å². The Morgan fingerprint density at radius 1 is 1.36 bits per heavy atom. The van der Waals surface area contributed by atoms with E-state index < -0.39 is 6.36 Å². The standard InChI is InChI=1S/C8H5BrF3O2/c9-7-5(4-13)2-1-3-6(7)14-8(10,11)12/h1-4,13H. The van der Waals surface area contributed by atoms with Gasteiger partial charge >= 0.3 is 6.36 Å². The zero-order chi connectivity index (χ0) is 10.8. The van der Waals surface area contributed by atoms with Gasteiger partial charge in [0.15, 0.2) is 0 Å². The highest BCUT2D eigenvalue weighted by Gasteiger charge is 2.32. The second kappa shape index (κ2) is 4.18. The van der Waals surface area contributed by atoms with E-state index >= 15 is 0 Å². The molecule has 0 heterocycles. The minimum absolute atomic E-state index is 0.0554. The molecule has 0 saturated carbocycles. The first-order chi connectivity index (χ1) is 6.44. The van der Waals surface area contributed by atoms with Gasteiger partial charge in [0.2, 0.25) is 0 Å². The molecule has 1 aromatic rings. The molecule has 1 aromatic carbocycles. The molecule has 14 heavy (non-hydrogen) atoms. The monoisotopic (exact) mass is 269 g/mol. The van der Waals surface area contributed by atoms with E-state index in [0.29, 0.717) is 6.61 Å². The van der Waals surface area contributed by atoms with E-state index in [4.69, 9.17) is 5.11 Å². The number of aliphatic hydroxyl groups excluding tert-OH is 1. The highest BCUT2D eigenvalue weighted by molar-refractivity contribution is 9.10. The Balaban J connectivity index is 2.98. The highest BCUT2D eigenvalue weighted by Crippen LogP contribution is 2.33. The molecule has 0 amide bonds. The predicted octanol–water partition coefficient (Wildman–Crippen LogP) is 3.23. The van der Waals surface area contributed by atoms with Gasteiger partial charge in [0, 0.05) is 5.56 Å². The van der Waals surface area contributed by atoms with Crippen LogP contribution in [0.3, 0.4) is 0 Å². The quantitative estimate of drug-likeness (QED) is 0.893. The van der Waals surface area contributed by atoms with Gasteiger partial charge in [0.05, 0.1) is 4.47 Å². The average molecular weight is 270 g/mol.